The van der Waals surface area contributed by atoms with Gasteiger partial charge < -0.3 is 15.8 Å². The van der Waals surface area contributed by atoms with Gasteiger partial charge in [0.1, 0.15) is 6.04 Å². The summed E-state index contributed by atoms with van der Waals surface area (Å²) in [7, 11) is 0. The van der Waals surface area contributed by atoms with Crippen molar-refractivity contribution in [2.75, 3.05) is 0 Å². The predicted molar refractivity (Wildman–Crippen MR) is 75.1 cm³/mol. The van der Waals surface area contributed by atoms with Crippen molar-refractivity contribution in [3.05, 3.63) is 35.9 Å². The zero-order chi connectivity index (χ0) is 12.5. The van der Waals surface area contributed by atoms with Gasteiger partial charge >= 0.3 is 0 Å². The van der Waals surface area contributed by atoms with Crippen LogP contribution < -0.4 is 11.1 Å². The number of nitrogens with one attached hydrogen (secondary N) is 1. The van der Waals surface area contributed by atoms with Crippen LogP contribution in [0.5, 0.6) is 0 Å². The van der Waals surface area contributed by atoms with Gasteiger partial charge in [0.25, 0.3) is 0 Å². The van der Waals surface area contributed by atoms with E-state index in [9.17, 15) is 4.79 Å². The molecule has 0 radical (unpaired) electrons. The Morgan fingerprint density at radius 3 is 2.63 bits per heavy atom. The number of carbonyl (C=O) groups excluding carboxylic acids is 1. The van der Waals surface area contributed by atoms with Crippen molar-refractivity contribution in [1.29, 1.82) is 0 Å². The van der Waals surface area contributed by atoms with E-state index in [4.69, 9.17) is 10.5 Å². The lowest BCUT2D eigenvalue weighted by atomic mass is 9.95. The third-order valence-electron chi connectivity index (χ3n) is 3.87. The summed E-state index contributed by atoms with van der Waals surface area (Å²) in [5.41, 5.74) is 6.81. The topological polar surface area (TPSA) is 64.4 Å². The molecule has 4 nitrogen and oxygen atoms in total. The first-order valence-electron chi connectivity index (χ1n) is 6.50. The van der Waals surface area contributed by atoms with E-state index in [1.54, 1.807) is 0 Å². The lowest BCUT2D eigenvalue weighted by Gasteiger charge is -2.22. The van der Waals surface area contributed by atoms with Crippen LogP contribution in [0.1, 0.15) is 30.9 Å². The fraction of sp³-hybridized carbons (Fsp3) is 0.500. The minimum atomic E-state index is -0.592. The van der Waals surface area contributed by atoms with Crippen molar-refractivity contribution in [2.24, 2.45) is 5.73 Å². The first kappa shape index (κ1) is 14.3. The Morgan fingerprint density at radius 2 is 2.05 bits per heavy atom. The second-order valence-electron chi connectivity index (χ2n) is 5.11. The molecule has 3 N–H and O–H groups in total. The molecule has 2 saturated heterocycles. The highest BCUT2D eigenvalue weighted by Gasteiger charge is 2.41. The number of ether oxygens (including phenoxy) is 1. The Hall–Kier alpha value is -1.10. The lowest BCUT2D eigenvalue weighted by Crippen LogP contribution is -2.45. The van der Waals surface area contributed by atoms with Crippen molar-refractivity contribution in [2.45, 2.75) is 43.6 Å². The number of amides is 1. The third-order valence-corrected chi connectivity index (χ3v) is 3.87. The van der Waals surface area contributed by atoms with Crippen LogP contribution in [0.3, 0.4) is 0 Å². The number of nitrogens with two attached hydrogens (primary N) is 1. The van der Waals surface area contributed by atoms with Crippen LogP contribution in [0.2, 0.25) is 0 Å². The molecule has 1 aromatic carbocycles. The fourth-order valence-electron chi connectivity index (χ4n) is 2.87. The first-order valence-corrected chi connectivity index (χ1v) is 6.50. The molecule has 1 aromatic rings. The molecule has 5 heteroatoms. The van der Waals surface area contributed by atoms with E-state index in [1.165, 1.54) is 0 Å². The highest BCUT2D eigenvalue weighted by atomic mass is 35.5. The van der Waals surface area contributed by atoms with Crippen molar-refractivity contribution in [3.63, 3.8) is 0 Å². The maximum Gasteiger partial charge on any atom is 0.241 e. The number of hydrogen-bond acceptors (Lipinski definition) is 3. The third kappa shape index (κ3) is 2.91. The summed E-state index contributed by atoms with van der Waals surface area (Å²) >= 11 is 0. The molecule has 0 saturated carbocycles. The largest absolute Gasteiger partial charge is 0.373 e. The van der Waals surface area contributed by atoms with Crippen LogP contribution in [0, 0.1) is 0 Å². The van der Waals surface area contributed by atoms with Gasteiger partial charge in [-0.2, -0.15) is 0 Å². The lowest BCUT2D eigenvalue weighted by molar-refractivity contribution is -0.123. The van der Waals surface area contributed by atoms with Crippen LogP contribution in [0.15, 0.2) is 30.3 Å². The van der Waals surface area contributed by atoms with E-state index in [2.05, 4.69) is 5.32 Å². The monoisotopic (exact) mass is 282 g/mol. The van der Waals surface area contributed by atoms with Crippen molar-refractivity contribution in [1.82, 2.24) is 5.32 Å². The maximum atomic E-state index is 12.1. The summed E-state index contributed by atoms with van der Waals surface area (Å²) in [5, 5.41) is 3.02. The van der Waals surface area contributed by atoms with E-state index in [0.717, 1.165) is 24.8 Å². The fourth-order valence-corrected chi connectivity index (χ4v) is 2.87. The van der Waals surface area contributed by atoms with Gasteiger partial charge in [0.2, 0.25) is 5.91 Å². The zero-order valence-electron chi connectivity index (χ0n) is 10.6. The van der Waals surface area contributed by atoms with Gasteiger partial charge in [0.05, 0.1) is 18.2 Å². The van der Waals surface area contributed by atoms with Gasteiger partial charge in [-0.3, -0.25) is 4.79 Å². The molecule has 2 aliphatic heterocycles. The van der Waals surface area contributed by atoms with E-state index in [1.807, 2.05) is 30.3 Å². The summed E-state index contributed by atoms with van der Waals surface area (Å²) in [6.45, 7) is 0. The van der Waals surface area contributed by atoms with Crippen LogP contribution in [0.4, 0.5) is 0 Å². The molecule has 0 aliphatic carbocycles. The first-order chi connectivity index (χ1) is 8.74. The van der Waals surface area contributed by atoms with Gasteiger partial charge in [-0.05, 0) is 24.8 Å². The smallest absolute Gasteiger partial charge is 0.241 e. The second kappa shape index (κ2) is 5.90. The highest BCUT2D eigenvalue weighted by molar-refractivity contribution is 5.85. The molecule has 104 valence electrons. The number of hydrogen-bond donors (Lipinski definition) is 2. The molecule has 0 spiro atoms. The molecule has 2 heterocycles. The quantitative estimate of drug-likeness (QED) is 0.884. The van der Waals surface area contributed by atoms with Crippen LogP contribution in [-0.4, -0.2) is 24.2 Å². The Balaban J connectivity index is 0.00000133. The van der Waals surface area contributed by atoms with E-state index in [0.29, 0.717) is 6.10 Å². The molecular formula is C14H19ClN2O2. The van der Waals surface area contributed by atoms with Crippen LogP contribution in [-0.2, 0) is 9.53 Å². The summed E-state index contributed by atoms with van der Waals surface area (Å²) in [5.74, 6) is -0.109. The van der Waals surface area contributed by atoms with E-state index in [-0.39, 0.29) is 30.5 Å². The average Bonchev–Trinajstić information content (AvgIpc) is 3.01. The van der Waals surface area contributed by atoms with Crippen LogP contribution in [0.25, 0.3) is 0 Å². The van der Waals surface area contributed by atoms with E-state index >= 15 is 0 Å². The number of rotatable bonds is 3. The number of carbonyl (C=O) groups is 1. The molecular weight excluding hydrogens is 264 g/mol. The summed E-state index contributed by atoms with van der Waals surface area (Å²) in [4.78, 5) is 12.1. The second-order valence-corrected chi connectivity index (χ2v) is 5.11. The molecule has 19 heavy (non-hydrogen) atoms. The van der Waals surface area contributed by atoms with Gasteiger partial charge in [-0.1, -0.05) is 30.3 Å². The molecule has 4 unspecified atom stereocenters. The summed E-state index contributed by atoms with van der Waals surface area (Å²) < 4.78 is 5.72. The normalized spacial score (nSPS) is 29.6. The molecule has 3 rings (SSSR count). The minimum Gasteiger partial charge on any atom is -0.373 e. The summed E-state index contributed by atoms with van der Waals surface area (Å²) in [6, 6.07) is 9.00. The molecule has 2 fully saturated rings. The standard InChI is InChI=1S/C14H18N2O2.ClH/c15-13(9-4-2-1-3-5-9)14(17)16-11-8-10-6-7-12(11)18-10;/h1-5,10-13H,6-8,15H2,(H,16,17);1H. The Kier molecular flexibility index (Phi) is 4.45. The van der Waals surface area contributed by atoms with Crippen molar-refractivity contribution in [3.8, 4) is 0 Å². The molecule has 2 aliphatic rings. The minimum absolute atomic E-state index is 0. The zero-order valence-corrected chi connectivity index (χ0v) is 11.4. The number of benzene rings is 1. The number of fused-ring (bicyclic) bond motifs is 2. The SMILES string of the molecule is Cl.NC(C(=O)NC1CC2CCC1O2)c1ccccc1. The highest BCUT2D eigenvalue weighted by Crippen LogP contribution is 2.34. The molecule has 0 aromatic heterocycles. The van der Waals surface area contributed by atoms with Crippen LogP contribution >= 0.6 is 12.4 Å². The predicted octanol–water partition coefficient (Wildman–Crippen LogP) is 1.54. The molecule has 1 amide bonds. The average molecular weight is 283 g/mol. The van der Waals surface area contributed by atoms with Crippen molar-refractivity contribution < 1.29 is 9.53 Å². The number of halogens is 1. The maximum absolute atomic E-state index is 12.1. The molecule has 4 atom stereocenters. The van der Waals surface area contributed by atoms with Crippen molar-refractivity contribution >= 4 is 18.3 Å². The van der Waals surface area contributed by atoms with Gasteiger partial charge in [0, 0.05) is 0 Å². The Labute approximate surface area is 119 Å². The Bertz CT molecular complexity index is 440. The molecule has 2 bridgehead atoms. The van der Waals surface area contributed by atoms with Gasteiger partial charge in [-0.15, -0.1) is 12.4 Å². The summed E-state index contributed by atoms with van der Waals surface area (Å²) in [6.07, 6.45) is 3.64. The van der Waals surface area contributed by atoms with E-state index < -0.39 is 6.04 Å². The van der Waals surface area contributed by atoms with Gasteiger partial charge in [0.15, 0.2) is 0 Å². The van der Waals surface area contributed by atoms with Gasteiger partial charge in [-0.25, -0.2) is 0 Å². The Morgan fingerprint density at radius 1 is 1.32 bits per heavy atom.